The number of rotatable bonds is 3. The predicted octanol–water partition coefficient (Wildman–Crippen LogP) is 2.42. The Hall–Kier alpha value is -0.370. The summed E-state index contributed by atoms with van der Waals surface area (Å²) in [6.45, 7) is 3.98. The van der Waals surface area contributed by atoms with E-state index in [1.54, 1.807) is 7.11 Å². The van der Waals surface area contributed by atoms with Crippen LogP contribution in [-0.4, -0.2) is 19.0 Å². The zero-order valence-corrected chi connectivity index (χ0v) is 8.88. The first-order valence-corrected chi connectivity index (χ1v) is 5.21. The van der Waals surface area contributed by atoms with E-state index in [1.165, 1.54) is 0 Å². The molecule has 0 unspecified atom stereocenters. The van der Waals surface area contributed by atoms with Crippen molar-refractivity contribution >= 4 is 5.78 Å². The van der Waals surface area contributed by atoms with Crippen molar-refractivity contribution in [3.8, 4) is 0 Å². The number of hydrogen-bond acceptors (Lipinski definition) is 2. The molecule has 0 spiro atoms. The number of carbonyl (C=O) groups is 1. The molecule has 0 aromatic carbocycles. The lowest BCUT2D eigenvalue weighted by Crippen LogP contribution is -2.27. The second kappa shape index (κ2) is 4.75. The van der Waals surface area contributed by atoms with Gasteiger partial charge >= 0.3 is 0 Å². The van der Waals surface area contributed by atoms with Crippen molar-refractivity contribution in [2.24, 2.45) is 11.8 Å². The SMILES string of the molecule is COC1CCC(C(=O)C(C)C)CC1. The predicted molar refractivity (Wildman–Crippen MR) is 52.6 cm³/mol. The van der Waals surface area contributed by atoms with Crippen LogP contribution in [0.5, 0.6) is 0 Å². The molecule has 1 aliphatic carbocycles. The van der Waals surface area contributed by atoms with Crippen LogP contribution in [0.3, 0.4) is 0 Å². The second-order valence-corrected chi connectivity index (χ2v) is 4.27. The Kier molecular flexibility index (Phi) is 3.91. The molecule has 1 aliphatic rings. The molecular formula is C11H20O2. The summed E-state index contributed by atoms with van der Waals surface area (Å²) in [6.07, 6.45) is 4.56. The maximum atomic E-state index is 11.7. The van der Waals surface area contributed by atoms with Crippen LogP contribution >= 0.6 is 0 Å². The molecule has 0 N–H and O–H groups in total. The van der Waals surface area contributed by atoms with Gasteiger partial charge in [0.15, 0.2) is 0 Å². The zero-order valence-electron chi connectivity index (χ0n) is 8.88. The van der Waals surface area contributed by atoms with Gasteiger partial charge in [-0.15, -0.1) is 0 Å². The normalized spacial score (nSPS) is 29.2. The molecule has 2 nitrogen and oxygen atoms in total. The lowest BCUT2D eigenvalue weighted by atomic mass is 9.81. The van der Waals surface area contributed by atoms with Gasteiger partial charge in [0.25, 0.3) is 0 Å². The van der Waals surface area contributed by atoms with Crippen LogP contribution < -0.4 is 0 Å². The molecule has 0 saturated heterocycles. The molecule has 0 aliphatic heterocycles. The summed E-state index contributed by atoms with van der Waals surface area (Å²) >= 11 is 0. The third kappa shape index (κ3) is 2.80. The van der Waals surface area contributed by atoms with E-state index in [2.05, 4.69) is 0 Å². The van der Waals surface area contributed by atoms with Crippen molar-refractivity contribution < 1.29 is 9.53 Å². The fraction of sp³-hybridized carbons (Fsp3) is 0.909. The van der Waals surface area contributed by atoms with Gasteiger partial charge in [0, 0.05) is 18.9 Å². The van der Waals surface area contributed by atoms with Gasteiger partial charge < -0.3 is 4.74 Å². The minimum absolute atomic E-state index is 0.198. The lowest BCUT2D eigenvalue weighted by Gasteiger charge is -2.27. The largest absolute Gasteiger partial charge is 0.381 e. The summed E-state index contributed by atoms with van der Waals surface area (Å²) in [5, 5.41) is 0. The number of carbonyl (C=O) groups excluding carboxylic acids is 1. The van der Waals surface area contributed by atoms with Crippen LogP contribution in [0.15, 0.2) is 0 Å². The van der Waals surface area contributed by atoms with Gasteiger partial charge in [-0.3, -0.25) is 4.79 Å². The fourth-order valence-corrected chi connectivity index (χ4v) is 2.05. The highest BCUT2D eigenvalue weighted by Gasteiger charge is 2.27. The van der Waals surface area contributed by atoms with E-state index < -0.39 is 0 Å². The second-order valence-electron chi connectivity index (χ2n) is 4.27. The van der Waals surface area contributed by atoms with Crippen LogP contribution in [0.4, 0.5) is 0 Å². The minimum atomic E-state index is 0.198. The number of methoxy groups -OCH3 is 1. The molecule has 76 valence electrons. The van der Waals surface area contributed by atoms with E-state index in [0.717, 1.165) is 25.7 Å². The van der Waals surface area contributed by atoms with E-state index in [0.29, 0.717) is 17.8 Å². The van der Waals surface area contributed by atoms with Crippen molar-refractivity contribution in [2.45, 2.75) is 45.6 Å². The number of ketones is 1. The fourth-order valence-electron chi connectivity index (χ4n) is 2.05. The molecule has 0 atom stereocenters. The van der Waals surface area contributed by atoms with Crippen molar-refractivity contribution in [3.63, 3.8) is 0 Å². The molecule has 0 heterocycles. The number of ether oxygens (including phenoxy) is 1. The Morgan fingerprint density at radius 3 is 2.15 bits per heavy atom. The van der Waals surface area contributed by atoms with Crippen LogP contribution in [0.1, 0.15) is 39.5 Å². The van der Waals surface area contributed by atoms with Gasteiger partial charge in [-0.1, -0.05) is 13.8 Å². The molecule has 0 aromatic rings. The van der Waals surface area contributed by atoms with Gasteiger partial charge in [0.05, 0.1) is 6.10 Å². The van der Waals surface area contributed by atoms with E-state index >= 15 is 0 Å². The van der Waals surface area contributed by atoms with Crippen LogP contribution in [0.25, 0.3) is 0 Å². The zero-order chi connectivity index (χ0) is 9.84. The first kappa shape index (κ1) is 10.7. The minimum Gasteiger partial charge on any atom is -0.381 e. The monoisotopic (exact) mass is 184 g/mol. The maximum absolute atomic E-state index is 11.7. The third-order valence-corrected chi connectivity index (χ3v) is 2.98. The molecule has 1 fully saturated rings. The van der Waals surface area contributed by atoms with Crippen molar-refractivity contribution in [1.82, 2.24) is 0 Å². The number of Topliss-reactive ketones (excluding diaryl/α,β-unsaturated/α-hetero) is 1. The maximum Gasteiger partial charge on any atom is 0.138 e. The van der Waals surface area contributed by atoms with Gasteiger partial charge in [0.1, 0.15) is 5.78 Å². The summed E-state index contributed by atoms with van der Waals surface area (Å²) in [7, 11) is 1.76. The van der Waals surface area contributed by atoms with Crippen LogP contribution in [-0.2, 0) is 9.53 Å². The smallest absolute Gasteiger partial charge is 0.138 e. The Labute approximate surface area is 80.7 Å². The molecule has 1 rings (SSSR count). The first-order valence-electron chi connectivity index (χ1n) is 5.21. The summed E-state index contributed by atoms with van der Waals surface area (Å²) in [5.41, 5.74) is 0. The summed E-state index contributed by atoms with van der Waals surface area (Å²) in [4.78, 5) is 11.7. The lowest BCUT2D eigenvalue weighted by molar-refractivity contribution is -0.127. The summed E-state index contributed by atoms with van der Waals surface area (Å²) in [6, 6.07) is 0. The van der Waals surface area contributed by atoms with Gasteiger partial charge in [-0.05, 0) is 25.7 Å². The van der Waals surface area contributed by atoms with Crippen molar-refractivity contribution in [3.05, 3.63) is 0 Å². The topological polar surface area (TPSA) is 26.3 Å². The highest BCUT2D eigenvalue weighted by atomic mass is 16.5. The van der Waals surface area contributed by atoms with Crippen molar-refractivity contribution in [1.29, 1.82) is 0 Å². The Bertz CT molecular complexity index is 167. The van der Waals surface area contributed by atoms with Gasteiger partial charge in [-0.2, -0.15) is 0 Å². The van der Waals surface area contributed by atoms with Gasteiger partial charge in [-0.25, -0.2) is 0 Å². The molecular weight excluding hydrogens is 164 g/mol. The van der Waals surface area contributed by atoms with Crippen molar-refractivity contribution in [2.75, 3.05) is 7.11 Å². The van der Waals surface area contributed by atoms with Gasteiger partial charge in [0.2, 0.25) is 0 Å². The van der Waals surface area contributed by atoms with E-state index in [1.807, 2.05) is 13.8 Å². The third-order valence-electron chi connectivity index (χ3n) is 2.98. The molecule has 13 heavy (non-hydrogen) atoms. The molecule has 0 aromatic heterocycles. The molecule has 0 bridgehead atoms. The number of hydrogen-bond donors (Lipinski definition) is 0. The summed E-state index contributed by atoms with van der Waals surface area (Å²) < 4.78 is 5.27. The standard InChI is InChI=1S/C11H20O2/c1-8(2)11(12)9-4-6-10(13-3)7-5-9/h8-10H,4-7H2,1-3H3. The quantitative estimate of drug-likeness (QED) is 0.673. The summed E-state index contributed by atoms with van der Waals surface area (Å²) in [5.74, 6) is 0.949. The first-order chi connectivity index (χ1) is 6.15. The molecule has 0 amide bonds. The average Bonchev–Trinajstić information content (AvgIpc) is 2.17. The Morgan fingerprint density at radius 1 is 1.23 bits per heavy atom. The highest BCUT2D eigenvalue weighted by molar-refractivity contribution is 5.82. The highest BCUT2D eigenvalue weighted by Crippen LogP contribution is 2.28. The van der Waals surface area contributed by atoms with E-state index in [4.69, 9.17) is 4.74 Å². The van der Waals surface area contributed by atoms with E-state index in [-0.39, 0.29) is 5.92 Å². The molecule has 2 heteroatoms. The Morgan fingerprint density at radius 2 is 1.77 bits per heavy atom. The van der Waals surface area contributed by atoms with Crippen LogP contribution in [0.2, 0.25) is 0 Å². The average molecular weight is 184 g/mol. The van der Waals surface area contributed by atoms with E-state index in [9.17, 15) is 4.79 Å². The molecule has 1 saturated carbocycles. The molecule has 0 radical (unpaired) electrons. The van der Waals surface area contributed by atoms with Crippen LogP contribution in [0, 0.1) is 11.8 Å². The Balaban J connectivity index is 2.36.